The molecule has 5 nitrogen and oxygen atoms in total. The maximum absolute atomic E-state index is 13.9. The SMILES string of the molecule is CC(C)NC(=O)c1ccc(OC[C@H]2CCCN(C(=O)c3ccccc3F)C2)cc1. The van der Waals surface area contributed by atoms with Gasteiger partial charge in [0.15, 0.2) is 0 Å². The molecule has 0 spiro atoms. The first kappa shape index (κ1) is 20.8. The van der Waals surface area contributed by atoms with Crippen LogP contribution in [0.5, 0.6) is 5.75 Å². The molecule has 0 aromatic heterocycles. The number of hydrogen-bond donors (Lipinski definition) is 1. The monoisotopic (exact) mass is 398 g/mol. The van der Waals surface area contributed by atoms with Crippen LogP contribution in [-0.2, 0) is 0 Å². The molecule has 3 rings (SSSR count). The molecule has 154 valence electrons. The Labute approximate surface area is 170 Å². The average molecular weight is 398 g/mol. The molecule has 1 atom stereocenters. The highest BCUT2D eigenvalue weighted by atomic mass is 19.1. The van der Waals surface area contributed by atoms with E-state index in [9.17, 15) is 14.0 Å². The summed E-state index contributed by atoms with van der Waals surface area (Å²) in [5.41, 5.74) is 0.703. The predicted molar refractivity (Wildman–Crippen MR) is 110 cm³/mol. The maximum Gasteiger partial charge on any atom is 0.256 e. The lowest BCUT2D eigenvalue weighted by Crippen LogP contribution is -2.41. The van der Waals surface area contributed by atoms with Crippen LogP contribution in [0.1, 0.15) is 47.4 Å². The van der Waals surface area contributed by atoms with E-state index in [2.05, 4.69) is 5.32 Å². The summed E-state index contributed by atoms with van der Waals surface area (Å²) >= 11 is 0. The van der Waals surface area contributed by atoms with Gasteiger partial charge in [-0.1, -0.05) is 12.1 Å². The lowest BCUT2D eigenvalue weighted by atomic mass is 9.98. The second kappa shape index (κ2) is 9.54. The molecule has 6 heteroatoms. The van der Waals surface area contributed by atoms with E-state index in [1.54, 1.807) is 41.3 Å². The molecule has 0 saturated carbocycles. The Morgan fingerprint density at radius 1 is 1.17 bits per heavy atom. The van der Waals surface area contributed by atoms with Crippen molar-refractivity contribution in [2.75, 3.05) is 19.7 Å². The number of carbonyl (C=O) groups is 2. The summed E-state index contributed by atoms with van der Waals surface area (Å²) in [5, 5.41) is 2.85. The van der Waals surface area contributed by atoms with E-state index in [0.29, 0.717) is 31.0 Å². The lowest BCUT2D eigenvalue weighted by Gasteiger charge is -2.32. The number of likely N-dealkylation sites (tertiary alicyclic amines) is 1. The Bertz CT molecular complexity index is 851. The number of carbonyl (C=O) groups excluding carboxylic acids is 2. The summed E-state index contributed by atoms with van der Waals surface area (Å²) in [6.07, 6.45) is 1.82. The van der Waals surface area contributed by atoms with Crippen molar-refractivity contribution in [3.05, 3.63) is 65.5 Å². The Morgan fingerprint density at radius 3 is 2.59 bits per heavy atom. The standard InChI is InChI=1S/C23H27FN2O3/c1-16(2)25-22(27)18-9-11-19(12-10-18)29-15-17-6-5-13-26(14-17)23(28)20-7-3-4-8-21(20)24/h3-4,7-12,16-17H,5-6,13-15H2,1-2H3,(H,25,27)/t17-/m0/s1. The van der Waals surface area contributed by atoms with E-state index in [4.69, 9.17) is 4.74 Å². The molecule has 2 aromatic carbocycles. The molecule has 1 saturated heterocycles. The minimum Gasteiger partial charge on any atom is -0.493 e. The van der Waals surface area contributed by atoms with E-state index in [1.807, 2.05) is 13.8 Å². The second-order valence-electron chi connectivity index (χ2n) is 7.70. The van der Waals surface area contributed by atoms with E-state index < -0.39 is 5.82 Å². The van der Waals surface area contributed by atoms with E-state index in [0.717, 1.165) is 12.8 Å². The number of hydrogen-bond acceptors (Lipinski definition) is 3. The molecule has 0 aliphatic carbocycles. The van der Waals surface area contributed by atoms with Crippen LogP contribution in [0.4, 0.5) is 4.39 Å². The molecule has 29 heavy (non-hydrogen) atoms. The fourth-order valence-electron chi connectivity index (χ4n) is 3.45. The zero-order valence-electron chi connectivity index (χ0n) is 16.9. The molecule has 0 radical (unpaired) electrons. The molecule has 1 N–H and O–H groups in total. The van der Waals surface area contributed by atoms with Crippen LogP contribution in [0.3, 0.4) is 0 Å². The van der Waals surface area contributed by atoms with Crippen molar-refractivity contribution in [2.24, 2.45) is 5.92 Å². The van der Waals surface area contributed by atoms with Crippen LogP contribution in [0.25, 0.3) is 0 Å². The summed E-state index contributed by atoms with van der Waals surface area (Å²) in [6.45, 7) is 5.48. The molecule has 0 bridgehead atoms. The van der Waals surface area contributed by atoms with Gasteiger partial charge in [0.2, 0.25) is 0 Å². The lowest BCUT2D eigenvalue weighted by molar-refractivity contribution is 0.0628. The van der Waals surface area contributed by atoms with Crippen molar-refractivity contribution in [1.82, 2.24) is 10.2 Å². The molecular weight excluding hydrogens is 371 g/mol. The third-order valence-electron chi connectivity index (χ3n) is 4.93. The third-order valence-corrected chi connectivity index (χ3v) is 4.93. The number of benzene rings is 2. The summed E-state index contributed by atoms with van der Waals surface area (Å²) in [6, 6.07) is 13.2. The number of nitrogens with zero attached hydrogens (tertiary/aromatic N) is 1. The molecule has 2 amide bonds. The molecule has 1 fully saturated rings. The van der Waals surface area contributed by atoms with Crippen LogP contribution in [0.15, 0.2) is 48.5 Å². The maximum atomic E-state index is 13.9. The van der Waals surface area contributed by atoms with Crippen molar-refractivity contribution in [2.45, 2.75) is 32.7 Å². The van der Waals surface area contributed by atoms with Gasteiger partial charge in [-0.15, -0.1) is 0 Å². The first-order valence-electron chi connectivity index (χ1n) is 10.0. The minimum atomic E-state index is -0.488. The van der Waals surface area contributed by atoms with Gasteiger partial charge in [0.1, 0.15) is 11.6 Å². The average Bonchev–Trinajstić information content (AvgIpc) is 2.72. The first-order valence-corrected chi connectivity index (χ1v) is 10.0. The quantitative estimate of drug-likeness (QED) is 0.803. The highest BCUT2D eigenvalue weighted by Gasteiger charge is 2.26. The third kappa shape index (κ3) is 5.56. The van der Waals surface area contributed by atoms with Gasteiger partial charge in [-0.05, 0) is 63.1 Å². The largest absolute Gasteiger partial charge is 0.493 e. The van der Waals surface area contributed by atoms with Crippen molar-refractivity contribution >= 4 is 11.8 Å². The van der Waals surface area contributed by atoms with Crippen LogP contribution in [-0.4, -0.2) is 42.5 Å². The fraction of sp³-hybridized carbons (Fsp3) is 0.391. The Balaban J connectivity index is 1.54. The highest BCUT2D eigenvalue weighted by molar-refractivity contribution is 5.95. The van der Waals surface area contributed by atoms with Crippen LogP contribution in [0, 0.1) is 11.7 Å². The number of nitrogens with one attached hydrogen (secondary N) is 1. The van der Waals surface area contributed by atoms with Crippen LogP contribution in [0.2, 0.25) is 0 Å². The van der Waals surface area contributed by atoms with Gasteiger partial charge in [0.05, 0.1) is 12.2 Å². The summed E-state index contributed by atoms with van der Waals surface area (Å²) in [5.74, 6) is -0.000969. The van der Waals surface area contributed by atoms with E-state index >= 15 is 0 Å². The number of amides is 2. The van der Waals surface area contributed by atoms with Crippen molar-refractivity contribution in [3.8, 4) is 5.75 Å². The van der Waals surface area contributed by atoms with Gasteiger partial charge >= 0.3 is 0 Å². The summed E-state index contributed by atoms with van der Waals surface area (Å²) in [7, 11) is 0. The molecule has 1 aliphatic rings. The molecule has 1 heterocycles. The van der Waals surface area contributed by atoms with E-state index in [-0.39, 0.29) is 29.3 Å². The van der Waals surface area contributed by atoms with Gasteiger partial charge in [0, 0.05) is 30.6 Å². The normalized spacial score (nSPS) is 16.6. The van der Waals surface area contributed by atoms with Crippen LogP contribution >= 0.6 is 0 Å². The Morgan fingerprint density at radius 2 is 1.90 bits per heavy atom. The van der Waals surface area contributed by atoms with Gasteiger partial charge in [0.25, 0.3) is 11.8 Å². The zero-order chi connectivity index (χ0) is 20.8. The molecule has 1 aliphatic heterocycles. The fourth-order valence-corrected chi connectivity index (χ4v) is 3.45. The summed E-state index contributed by atoms with van der Waals surface area (Å²) in [4.78, 5) is 26.3. The van der Waals surface area contributed by atoms with E-state index in [1.165, 1.54) is 12.1 Å². The molecule has 2 aromatic rings. The Hall–Kier alpha value is -2.89. The summed E-state index contributed by atoms with van der Waals surface area (Å²) < 4.78 is 19.8. The number of halogens is 1. The first-order chi connectivity index (χ1) is 13.9. The van der Waals surface area contributed by atoms with Gasteiger partial charge in [-0.2, -0.15) is 0 Å². The number of ether oxygens (including phenoxy) is 1. The molecular formula is C23H27FN2O3. The Kier molecular flexibility index (Phi) is 6.86. The number of rotatable bonds is 6. The minimum absolute atomic E-state index is 0.0831. The molecule has 0 unspecified atom stereocenters. The van der Waals surface area contributed by atoms with Crippen molar-refractivity contribution < 1.29 is 18.7 Å². The van der Waals surface area contributed by atoms with Crippen molar-refractivity contribution in [3.63, 3.8) is 0 Å². The topological polar surface area (TPSA) is 58.6 Å². The van der Waals surface area contributed by atoms with Crippen molar-refractivity contribution in [1.29, 1.82) is 0 Å². The van der Waals surface area contributed by atoms with Gasteiger partial charge in [-0.3, -0.25) is 9.59 Å². The van der Waals surface area contributed by atoms with Gasteiger partial charge in [-0.25, -0.2) is 4.39 Å². The number of piperidine rings is 1. The highest BCUT2D eigenvalue weighted by Crippen LogP contribution is 2.21. The van der Waals surface area contributed by atoms with Crippen LogP contribution < -0.4 is 10.1 Å². The zero-order valence-corrected chi connectivity index (χ0v) is 16.9. The van der Waals surface area contributed by atoms with Gasteiger partial charge < -0.3 is 15.0 Å². The smallest absolute Gasteiger partial charge is 0.256 e. The second-order valence-corrected chi connectivity index (χ2v) is 7.70. The predicted octanol–water partition coefficient (Wildman–Crippen LogP) is 3.90.